The summed E-state index contributed by atoms with van der Waals surface area (Å²) in [6.45, 7) is 3.20. The number of aromatic amines is 1. The van der Waals surface area contributed by atoms with Gasteiger partial charge in [0.25, 0.3) is 5.91 Å². The number of amides is 1. The van der Waals surface area contributed by atoms with Crippen LogP contribution in [0.15, 0.2) is 29.8 Å². The number of carbonyl (C=O) groups is 1. The Labute approximate surface area is 150 Å². The second-order valence-corrected chi connectivity index (χ2v) is 7.59. The monoisotopic (exact) mass is 355 g/mol. The zero-order valence-corrected chi connectivity index (χ0v) is 15.1. The van der Waals surface area contributed by atoms with E-state index in [1.165, 1.54) is 0 Å². The predicted octanol–water partition coefficient (Wildman–Crippen LogP) is 2.90. The molecule has 2 aromatic heterocycles. The van der Waals surface area contributed by atoms with Crippen molar-refractivity contribution in [3.05, 3.63) is 35.5 Å². The Morgan fingerprint density at radius 1 is 1.44 bits per heavy atom. The van der Waals surface area contributed by atoms with Crippen LogP contribution in [0.3, 0.4) is 0 Å². The molecule has 1 unspecified atom stereocenters. The van der Waals surface area contributed by atoms with Gasteiger partial charge in [-0.3, -0.25) is 9.89 Å². The van der Waals surface area contributed by atoms with Gasteiger partial charge < -0.3 is 10.2 Å². The molecule has 2 atom stereocenters. The van der Waals surface area contributed by atoms with E-state index in [9.17, 15) is 4.79 Å². The van der Waals surface area contributed by atoms with E-state index in [0.717, 1.165) is 40.9 Å². The van der Waals surface area contributed by atoms with Gasteiger partial charge in [-0.15, -0.1) is 11.3 Å². The summed E-state index contributed by atoms with van der Waals surface area (Å²) in [5, 5.41) is 14.1. The number of rotatable bonds is 3. The maximum absolute atomic E-state index is 12.7. The van der Waals surface area contributed by atoms with Crippen molar-refractivity contribution in [2.45, 2.75) is 31.8 Å². The largest absolute Gasteiger partial charge is 0.348 e. The van der Waals surface area contributed by atoms with Crippen molar-refractivity contribution in [3.8, 4) is 10.6 Å². The molecule has 0 saturated carbocycles. The van der Waals surface area contributed by atoms with Crippen LogP contribution < -0.4 is 5.32 Å². The Kier molecular flexibility index (Phi) is 4.27. The fraction of sp³-hybridized carbons (Fsp3) is 0.389. The van der Waals surface area contributed by atoms with E-state index < -0.39 is 0 Å². The molecule has 0 bridgehead atoms. The Hall–Kier alpha value is -2.25. The predicted molar refractivity (Wildman–Crippen MR) is 99.8 cm³/mol. The molecule has 0 spiro atoms. The van der Waals surface area contributed by atoms with Crippen LogP contribution >= 0.6 is 11.3 Å². The molecule has 3 heterocycles. The molecular weight excluding hydrogens is 334 g/mol. The lowest BCUT2D eigenvalue weighted by Gasteiger charge is -2.35. The number of benzene rings is 1. The number of fused-ring (bicyclic) bond motifs is 1. The Balaban J connectivity index is 1.54. The molecule has 1 amide bonds. The first-order valence-electron chi connectivity index (χ1n) is 8.51. The van der Waals surface area contributed by atoms with Gasteiger partial charge in [0.1, 0.15) is 5.01 Å². The van der Waals surface area contributed by atoms with E-state index in [0.29, 0.717) is 11.7 Å². The third-order valence-electron chi connectivity index (χ3n) is 5.00. The number of nitrogens with one attached hydrogen (secondary N) is 2. The van der Waals surface area contributed by atoms with Crippen LogP contribution in [0, 0.1) is 0 Å². The standard InChI is InChI=1S/C18H21N5OS/c1-11-9-13(5-7-23(11)2)20-17(24)16-14-4-3-12(10-15(14)21-22-16)18-19-6-8-25-18/h3-4,6,8,10-11,13H,5,7,9H2,1-2H3,(H,20,24)(H,21,22)/t11?,13-/m0/s1. The van der Waals surface area contributed by atoms with Crippen molar-refractivity contribution < 1.29 is 4.79 Å². The summed E-state index contributed by atoms with van der Waals surface area (Å²) in [4.78, 5) is 19.3. The molecule has 1 aromatic carbocycles. The first-order chi connectivity index (χ1) is 12.1. The highest BCUT2D eigenvalue weighted by Crippen LogP contribution is 2.26. The number of carbonyl (C=O) groups excluding carboxylic acids is 1. The van der Waals surface area contributed by atoms with E-state index in [1.54, 1.807) is 17.5 Å². The lowest BCUT2D eigenvalue weighted by molar-refractivity contribution is 0.0893. The lowest BCUT2D eigenvalue weighted by Crippen LogP contribution is -2.47. The molecule has 7 heteroatoms. The molecule has 25 heavy (non-hydrogen) atoms. The topological polar surface area (TPSA) is 73.9 Å². The number of piperidine rings is 1. The molecule has 0 radical (unpaired) electrons. The second-order valence-electron chi connectivity index (χ2n) is 6.69. The lowest BCUT2D eigenvalue weighted by atomic mass is 9.98. The SMILES string of the molecule is CC1C[C@@H](NC(=O)c2n[nH]c3cc(-c4nccs4)ccc23)CCN1C. The van der Waals surface area contributed by atoms with Crippen molar-refractivity contribution in [3.63, 3.8) is 0 Å². The quantitative estimate of drug-likeness (QED) is 0.758. The smallest absolute Gasteiger partial charge is 0.272 e. The minimum Gasteiger partial charge on any atom is -0.348 e. The average molecular weight is 355 g/mol. The molecule has 4 rings (SSSR count). The second kappa shape index (κ2) is 6.57. The zero-order valence-electron chi connectivity index (χ0n) is 14.3. The number of hydrogen-bond donors (Lipinski definition) is 2. The van der Waals surface area contributed by atoms with Crippen LogP contribution in [0.25, 0.3) is 21.5 Å². The fourth-order valence-corrected chi connectivity index (χ4v) is 4.00. The van der Waals surface area contributed by atoms with Crippen molar-refractivity contribution in [2.75, 3.05) is 13.6 Å². The van der Waals surface area contributed by atoms with Crippen molar-refractivity contribution in [1.82, 2.24) is 25.4 Å². The summed E-state index contributed by atoms with van der Waals surface area (Å²) < 4.78 is 0. The number of nitrogens with zero attached hydrogens (tertiary/aromatic N) is 3. The van der Waals surface area contributed by atoms with Crippen molar-refractivity contribution >= 4 is 28.1 Å². The third-order valence-corrected chi connectivity index (χ3v) is 5.82. The fourth-order valence-electron chi connectivity index (χ4n) is 3.37. The Bertz CT molecular complexity index is 888. The van der Waals surface area contributed by atoms with Crippen LogP contribution in [0.5, 0.6) is 0 Å². The number of likely N-dealkylation sites (tertiary alicyclic amines) is 1. The van der Waals surface area contributed by atoms with Gasteiger partial charge in [-0.05, 0) is 38.9 Å². The van der Waals surface area contributed by atoms with Gasteiger partial charge in [0.2, 0.25) is 0 Å². The summed E-state index contributed by atoms with van der Waals surface area (Å²) in [6, 6.07) is 6.62. The normalized spacial score (nSPS) is 21.5. The molecule has 1 saturated heterocycles. The van der Waals surface area contributed by atoms with Gasteiger partial charge in [0, 0.05) is 41.2 Å². The van der Waals surface area contributed by atoms with Gasteiger partial charge >= 0.3 is 0 Å². The van der Waals surface area contributed by atoms with Gasteiger partial charge in [0.15, 0.2) is 5.69 Å². The van der Waals surface area contributed by atoms with Gasteiger partial charge in [-0.1, -0.05) is 6.07 Å². The van der Waals surface area contributed by atoms with Gasteiger partial charge in [-0.2, -0.15) is 5.10 Å². The molecular formula is C18H21N5OS. The van der Waals surface area contributed by atoms with E-state index in [4.69, 9.17) is 0 Å². The summed E-state index contributed by atoms with van der Waals surface area (Å²) in [5.74, 6) is -0.102. The van der Waals surface area contributed by atoms with Crippen LogP contribution in [0.2, 0.25) is 0 Å². The van der Waals surface area contributed by atoms with E-state index >= 15 is 0 Å². The summed E-state index contributed by atoms with van der Waals surface area (Å²) in [7, 11) is 2.13. The van der Waals surface area contributed by atoms with Gasteiger partial charge in [-0.25, -0.2) is 4.98 Å². The van der Waals surface area contributed by atoms with E-state index in [2.05, 4.69) is 39.4 Å². The number of aromatic nitrogens is 3. The highest BCUT2D eigenvalue weighted by molar-refractivity contribution is 7.13. The molecule has 0 aliphatic carbocycles. The molecule has 1 fully saturated rings. The van der Waals surface area contributed by atoms with Crippen molar-refractivity contribution in [2.24, 2.45) is 0 Å². The number of thiazole rings is 1. The average Bonchev–Trinajstić information content (AvgIpc) is 3.26. The third kappa shape index (κ3) is 3.17. The van der Waals surface area contributed by atoms with E-state index in [1.807, 2.05) is 23.6 Å². The van der Waals surface area contributed by atoms with E-state index in [-0.39, 0.29) is 11.9 Å². The van der Waals surface area contributed by atoms with Crippen molar-refractivity contribution in [1.29, 1.82) is 0 Å². The molecule has 3 aromatic rings. The molecule has 2 N–H and O–H groups in total. The van der Waals surface area contributed by atoms with Crippen LogP contribution in [-0.2, 0) is 0 Å². The Morgan fingerprint density at radius 2 is 2.32 bits per heavy atom. The van der Waals surface area contributed by atoms with Crippen LogP contribution in [0.1, 0.15) is 30.3 Å². The highest BCUT2D eigenvalue weighted by atomic mass is 32.1. The summed E-state index contributed by atoms with van der Waals surface area (Å²) in [5.41, 5.74) is 2.35. The first kappa shape index (κ1) is 16.2. The van der Waals surface area contributed by atoms with Crippen LogP contribution in [-0.4, -0.2) is 51.7 Å². The summed E-state index contributed by atoms with van der Waals surface area (Å²) >= 11 is 1.59. The molecule has 6 nitrogen and oxygen atoms in total. The van der Waals surface area contributed by atoms with Crippen LogP contribution in [0.4, 0.5) is 0 Å². The summed E-state index contributed by atoms with van der Waals surface area (Å²) in [6.07, 6.45) is 3.74. The first-order valence-corrected chi connectivity index (χ1v) is 9.39. The minimum atomic E-state index is -0.102. The number of hydrogen-bond acceptors (Lipinski definition) is 5. The molecule has 1 aliphatic rings. The highest BCUT2D eigenvalue weighted by Gasteiger charge is 2.25. The molecule has 1 aliphatic heterocycles. The zero-order chi connectivity index (χ0) is 17.4. The maximum Gasteiger partial charge on any atom is 0.272 e. The molecule has 130 valence electrons. The maximum atomic E-state index is 12.7. The Morgan fingerprint density at radius 3 is 3.08 bits per heavy atom. The minimum absolute atomic E-state index is 0.102. The van der Waals surface area contributed by atoms with Gasteiger partial charge in [0.05, 0.1) is 5.52 Å². The number of H-pyrrole nitrogens is 1.